The fraction of sp³-hybridized carbons (Fsp3) is 0.316. The molecule has 1 saturated heterocycles. The van der Waals surface area contributed by atoms with Crippen molar-refractivity contribution in [2.24, 2.45) is 7.05 Å². The third-order valence-electron chi connectivity index (χ3n) is 4.44. The molecule has 6 nitrogen and oxygen atoms in total. The van der Waals surface area contributed by atoms with E-state index in [9.17, 15) is 0 Å². The Balaban J connectivity index is 1.40. The van der Waals surface area contributed by atoms with Crippen molar-refractivity contribution >= 4 is 0 Å². The lowest BCUT2D eigenvalue weighted by atomic mass is 10.2. The first kappa shape index (κ1) is 15.8. The van der Waals surface area contributed by atoms with Gasteiger partial charge in [0.25, 0.3) is 0 Å². The quantitative estimate of drug-likeness (QED) is 0.716. The van der Waals surface area contributed by atoms with Gasteiger partial charge in [0.05, 0.1) is 0 Å². The first-order chi connectivity index (χ1) is 12.3. The molecule has 1 aliphatic rings. The second-order valence-corrected chi connectivity index (χ2v) is 6.35. The molecule has 2 aromatic heterocycles. The first-order valence-electron chi connectivity index (χ1n) is 8.58. The van der Waals surface area contributed by atoms with Gasteiger partial charge in [-0.2, -0.15) is 0 Å². The number of nitrogens with zero attached hydrogens (tertiary/aromatic N) is 5. The predicted octanol–water partition coefficient (Wildman–Crippen LogP) is 3.27. The molecule has 0 N–H and O–H groups in total. The van der Waals surface area contributed by atoms with Gasteiger partial charge >= 0.3 is 0 Å². The van der Waals surface area contributed by atoms with E-state index in [0.717, 1.165) is 23.8 Å². The summed E-state index contributed by atoms with van der Waals surface area (Å²) in [6, 6.07) is 11.9. The number of ether oxygens (including phenoxy) is 1. The van der Waals surface area contributed by atoms with Crippen molar-refractivity contribution in [2.75, 3.05) is 13.1 Å². The van der Waals surface area contributed by atoms with Gasteiger partial charge < -0.3 is 9.30 Å². The van der Waals surface area contributed by atoms with Crippen molar-refractivity contribution in [1.29, 1.82) is 0 Å². The highest BCUT2D eigenvalue weighted by Crippen LogP contribution is 2.22. The summed E-state index contributed by atoms with van der Waals surface area (Å²) in [5, 5.41) is 8.34. The third-order valence-corrected chi connectivity index (χ3v) is 4.44. The zero-order valence-corrected chi connectivity index (χ0v) is 14.3. The van der Waals surface area contributed by atoms with Gasteiger partial charge in [-0.05, 0) is 49.7 Å². The Morgan fingerprint density at radius 2 is 1.80 bits per heavy atom. The van der Waals surface area contributed by atoms with E-state index >= 15 is 0 Å². The van der Waals surface area contributed by atoms with Crippen LogP contribution in [0.25, 0.3) is 11.5 Å². The van der Waals surface area contributed by atoms with Crippen LogP contribution in [0.1, 0.15) is 18.4 Å². The van der Waals surface area contributed by atoms with Crippen LogP contribution in [-0.4, -0.2) is 37.7 Å². The highest BCUT2D eigenvalue weighted by molar-refractivity contribution is 5.49. The second-order valence-electron chi connectivity index (χ2n) is 6.35. The highest BCUT2D eigenvalue weighted by Gasteiger charge is 2.12. The SMILES string of the molecule is Cn1ccnc1-c1ccc(Oc2ccc(CN3CCCC3)cc2)nn1. The van der Waals surface area contributed by atoms with E-state index in [2.05, 4.69) is 32.2 Å². The van der Waals surface area contributed by atoms with Crippen LogP contribution in [0.15, 0.2) is 48.8 Å². The lowest BCUT2D eigenvalue weighted by molar-refractivity contribution is 0.331. The summed E-state index contributed by atoms with van der Waals surface area (Å²) in [7, 11) is 1.93. The summed E-state index contributed by atoms with van der Waals surface area (Å²) in [5.41, 5.74) is 2.03. The Bertz CT molecular complexity index is 820. The average molecular weight is 335 g/mol. The first-order valence-corrected chi connectivity index (χ1v) is 8.58. The van der Waals surface area contributed by atoms with Crippen molar-refractivity contribution in [3.05, 3.63) is 54.4 Å². The lowest BCUT2D eigenvalue weighted by Crippen LogP contribution is -2.18. The molecule has 0 bridgehead atoms. The van der Waals surface area contributed by atoms with E-state index in [4.69, 9.17) is 4.74 Å². The maximum absolute atomic E-state index is 5.79. The standard InChI is InChI=1S/C19H21N5O/c1-23-13-10-20-19(23)17-8-9-18(22-21-17)25-16-6-4-15(5-7-16)14-24-11-2-3-12-24/h4-10,13H,2-3,11-12,14H2,1H3. The number of benzene rings is 1. The van der Waals surface area contributed by atoms with Crippen molar-refractivity contribution in [3.8, 4) is 23.1 Å². The molecule has 0 spiro atoms. The van der Waals surface area contributed by atoms with Crippen molar-refractivity contribution in [2.45, 2.75) is 19.4 Å². The molecule has 0 radical (unpaired) electrons. The van der Waals surface area contributed by atoms with Crippen LogP contribution >= 0.6 is 0 Å². The third kappa shape index (κ3) is 3.69. The van der Waals surface area contributed by atoms with Crippen molar-refractivity contribution in [3.63, 3.8) is 0 Å². The smallest absolute Gasteiger partial charge is 0.238 e. The summed E-state index contributed by atoms with van der Waals surface area (Å²) in [5.74, 6) is 2.03. The molecular formula is C19H21N5O. The van der Waals surface area contributed by atoms with Crippen LogP contribution in [-0.2, 0) is 13.6 Å². The average Bonchev–Trinajstić information content (AvgIpc) is 3.29. The molecule has 1 fully saturated rings. The second kappa shape index (κ2) is 7.03. The van der Waals surface area contributed by atoms with E-state index in [1.54, 1.807) is 6.20 Å². The summed E-state index contributed by atoms with van der Waals surface area (Å²) >= 11 is 0. The summed E-state index contributed by atoms with van der Waals surface area (Å²) < 4.78 is 7.70. The van der Waals surface area contributed by atoms with Crippen LogP contribution in [0.4, 0.5) is 0 Å². The van der Waals surface area contributed by atoms with Gasteiger partial charge in [0, 0.05) is 32.1 Å². The molecule has 0 atom stereocenters. The molecule has 4 rings (SSSR count). The number of likely N-dealkylation sites (tertiary alicyclic amines) is 1. The maximum Gasteiger partial charge on any atom is 0.238 e. The fourth-order valence-corrected chi connectivity index (χ4v) is 3.09. The molecule has 6 heteroatoms. The number of imidazole rings is 1. The summed E-state index contributed by atoms with van der Waals surface area (Å²) in [6.07, 6.45) is 6.25. The lowest BCUT2D eigenvalue weighted by Gasteiger charge is -2.14. The van der Waals surface area contributed by atoms with Crippen LogP contribution < -0.4 is 4.74 Å². The van der Waals surface area contributed by atoms with Gasteiger partial charge in [-0.25, -0.2) is 4.98 Å². The molecule has 1 aliphatic heterocycles. The van der Waals surface area contributed by atoms with Crippen molar-refractivity contribution in [1.82, 2.24) is 24.6 Å². The van der Waals surface area contributed by atoms with Crippen LogP contribution in [0.3, 0.4) is 0 Å². The summed E-state index contributed by atoms with van der Waals surface area (Å²) in [6.45, 7) is 3.42. The number of rotatable bonds is 5. The van der Waals surface area contributed by atoms with E-state index in [1.165, 1.54) is 31.5 Å². The zero-order valence-electron chi connectivity index (χ0n) is 14.3. The monoisotopic (exact) mass is 335 g/mol. The van der Waals surface area contributed by atoms with Crippen molar-refractivity contribution < 1.29 is 4.74 Å². The molecule has 3 aromatic rings. The molecule has 0 amide bonds. The van der Waals surface area contributed by atoms with Crippen LogP contribution in [0, 0.1) is 0 Å². The number of aromatic nitrogens is 4. The van der Waals surface area contributed by atoms with Gasteiger partial charge in [0.1, 0.15) is 11.4 Å². The molecule has 0 saturated carbocycles. The Morgan fingerprint density at radius 1 is 1.00 bits per heavy atom. The van der Waals surface area contributed by atoms with E-state index < -0.39 is 0 Å². The highest BCUT2D eigenvalue weighted by atomic mass is 16.5. The molecule has 1 aromatic carbocycles. The molecule has 128 valence electrons. The zero-order chi connectivity index (χ0) is 17.1. The normalized spacial score (nSPS) is 14.8. The largest absolute Gasteiger partial charge is 0.438 e. The predicted molar refractivity (Wildman–Crippen MR) is 95.3 cm³/mol. The van der Waals surface area contributed by atoms with Gasteiger partial charge in [-0.3, -0.25) is 4.90 Å². The van der Waals surface area contributed by atoms with Crippen LogP contribution in [0.2, 0.25) is 0 Å². The van der Waals surface area contributed by atoms with Gasteiger partial charge in [-0.15, -0.1) is 10.2 Å². The number of aryl methyl sites for hydroxylation is 1. The van der Waals surface area contributed by atoms with E-state index in [-0.39, 0.29) is 0 Å². The maximum atomic E-state index is 5.79. The molecular weight excluding hydrogens is 314 g/mol. The Hall–Kier alpha value is -2.73. The van der Waals surface area contributed by atoms with E-state index in [1.807, 2.05) is 42.1 Å². The van der Waals surface area contributed by atoms with Gasteiger partial charge in [0.2, 0.25) is 5.88 Å². The van der Waals surface area contributed by atoms with E-state index in [0.29, 0.717) is 5.88 Å². The molecule has 0 aliphatic carbocycles. The number of hydrogen-bond donors (Lipinski definition) is 0. The number of hydrogen-bond acceptors (Lipinski definition) is 5. The topological polar surface area (TPSA) is 56.1 Å². The minimum absolute atomic E-state index is 0.477. The minimum atomic E-state index is 0.477. The van der Waals surface area contributed by atoms with Gasteiger partial charge in [-0.1, -0.05) is 12.1 Å². The Morgan fingerprint density at radius 3 is 2.44 bits per heavy atom. The minimum Gasteiger partial charge on any atom is -0.438 e. The van der Waals surface area contributed by atoms with Gasteiger partial charge in [0.15, 0.2) is 5.82 Å². The molecule has 0 unspecified atom stereocenters. The fourth-order valence-electron chi connectivity index (χ4n) is 3.09. The Kier molecular flexibility index (Phi) is 4.43. The molecule has 25 heavy (non-hydrogen) atoms. The summed E-state index contributed by atoms with van der Waals surface area (Å²) in [4.78, 5) is 6.75. The van der Waals surface area contributed by atoms with Crippen LogP contribution in [0.5, 0.6) is 11.6 Å². The molecule has 3 heterocycles. The Labute approximate surface area is 147 Å².